The molecule has 1 fully saturated rings. The minimum Gasteiger partial charge on any atom is -0.465 e. The fourth-order valence-corrected chi connectivity index (χ4v) is 2.82. The zero-order valence-corrected chi connectivity index (χ0v) is 12.4. The van der Waals surface area contributed by atoms with Gasteiger partial charge in [0.05, 0.1) is 13.2 Å². The van der Waals surface area contributed by atoms with E-state index in [1.54, 1.807) is 0 Å². The van der Waals surface area contributed by atoms with Crippen molar-refractivity contribution in [2.75, 3.05) is 19.7 Å². The lowest BCUT2D eigenvalue weighted by atomic mass is 9.70. The smallest absolute Gasteiger partial charge is 0.319 e. The Morgan fingerprint density at radius 1 is 1.22 bits per heavy atom. The minimum absolute atomic E-state index is 0.138. The fourth-order valence-electron chi connectivity index (χ4n) is 2.82. The molecular weight excluding hydrogens is 226 g/mol. The van der Waals surface area contributed by atoms with Gasteiger partial charge in [-0.1, -0.05) is 20.8 Å². The second kappa shape index (κ2) is 7.13. The highest BCUT2D eigenvalue weighted by Gasteiger charge is 2.29. The molecule has 1 N–H and O–H groups in total. The molecule has 106 valence electrons. The van der Waals surface area contributed by atoms with Gasteiger partial charge >= 0.3 is 5.97 Å². The summed E-state index contributed by atoms with van der Waals surface area (Å²) in [6, 6.07) is 0. The largest absolute Gasteiger partial charge is 0.465 e. The lowest BCUT2D eigenvalue weighted by Gasteiger charge is -2.37. The second-order valence-electron chi connectivity index (χ2n) is 6.52. The summed E-state index contributed by atoms with van der Waals surface area (Å²) in [6.07, 6.45) is 5.24. The van der Waals surface area contributed by atoms with Crippen molar-refractivity contribution in [1.29, 1.82) is 0 Å². The van der Waals surface area contributed by atoms with Crippen LogP contribution < -0.4 is 5.32 Å². The van der Waals surface area contributed by atoms with Crippen molar-refractivity contribution in [3.63, 3.8) is 0 Å². The van der Waals surface area contributed by atoms with Crippen molar-refractivity contribution in [3.8, 4) is 0 Å². The molecule has 0 heterocycles. The third kappa shape index (κ3) is 5.38. The predicted molar refractivity (Wildman–Crippen MR) is 74.4 cm³/mol. The number of carbonyl (C=O) groups excluding carboxylic acids is 1. The van der Waals surface area contributed by atoms with Crippen LogP contribution in [-0.4, -0.2) is 25.7 Å². The van der Waals surface area contributed by atoms with Crippen molar-refractivity contribution < 1.29 is 9.53 Å². The van der Waals surface area contributed by atoms with Gasteiger partial charge in [-0.05, 0) is 56.4 Å². The summed E-state index contributed by atoms with van der Waals surface area (Å²) >= 11 is 0. The molecule has 0 aromatic rings. The molecule has 3 nitrogen and oxygen atoms in total. The zero-order valence-electron chi connectivity index (χ0n) is 12.4. The van der Waals surface area contributed by atoms with E-state index in [1.807, 2.05) is 6.92 Å². The summed E-state index contributed by atoms with van der Waals surface area (Å²) in [6.45, 7) is 10.6. The van der Waals surface area contributed by atoms with Crippen LogP contribution in [0, 0.1) is 17.3 Å². The van der Waals surface area contributed by atoms with Crippen LogP contribution >= 0.6 is 0 Å². The topological polar surface area (TPSA) is 38.3 Å². The van der Waals surface area contributed by atoms with Gasteiger partial charge in [-0.3, -0.25) is 4.79 Å². The average molecular weight is 255 g/mol. The molecule has 3 heteroatoms. The Hall–Kier alpha value is -0.570. The molecule has 0 radical (unpaired) electrons. The van der Waals surface area contributed by atoms with Crippen LogP contribution in [0.5, 0.6) is 0 Å². The van der Waals surface area contributed by atoms with Gasteiger partial charge < -0.3 is 10.1 Å². The molecule has 0 aromatic heterocycles. The second-order valence-corrected chi connectivity index (χ2v) is 6.52. The fraction of sp³-hybridized carbons (Fsp3) is 0.933. The van der Waals surface area contributed by atoms with Crippen molar-refractivity contribution in [2.45, 2.75) is 53.4 Å². The molecule has 1 aliphatic rings. The first kappa shape index (κ1) is 15.5. The number of esters is 1. The molecule has 0 amide bonds. The molecule has 0 unspecified atom stereocenters. The van der Waals surface area contributed by atoms with Crippen LogP contribution in [0.4, 0.5) is 0 Å². The third-order valence-electron chi connectivity index (χ3n) is 4.08. The normalized spacial score (nSPS) is 24.9. The van der Waals surface area contributed by atoms with Gasteiger partial charge in [0.2, 0.25) is 0 Å². The van der Waals surface area contributed by atoms with Gasteiger partial charge in [0.1, 0.15) is 0 Å². The molecule has 0 saturated heterocycles. The van der Waals surface area contributed by atoms with Crippen LogP contribution in [0.1, 0.15) is 53.4 Å². The van der Waals surface area contributed by atoms with Gasteiger partial charge in [0.15, 0.2) is 0 Å². The summed E-state index contributed by atoms with van der Waals surface area (Å²) < 4.78 is 4.89. The molecule has 0 aromatic carbocycles. The summed E-state index contributed by atoms with van der Waals surface area (Å²) in [4.78, 5) is 11.2. The Morgan fingerprint density at radius 3 is 2.33 bits per heavy atom. The molecule has 18 heavy (non-hydrogen) atoms. The van der Waals surface area contributed by atoms with E-state index in [0.717, 1.165) is 18.4 Å². The maximum Gasteiger partial charge on any atom is 0.319 e. The summed E-state index contributed by atoms with van der Waals surface area (Å²) in [5.74, 6) is 1.46. The zero-order chi connectivity index (χ0) is 13.6. The molecule has 1 rings (SSSR count). The number of hydrogen-bond acceptors (Lipinski definition) is 3. The van der Waals surface area contributed by atoms with E-state index in [2.05, 4.69) is 26.1 Å². The van der Waals surface area contributed by atoms with Gasteiger partial charge in [-0.25, -0.2) is 0 Å². The van der Waals surface area contributed by atoms with E-state index in [0.29, 0.717) is 18.6 Å². The lowest BCUT2D eigenvalue weighted by molar-refractivity contribution is -0.142. The van der Waals surface area contributed by atoms with Gasteiger partial charge in [0, 0.05) is 0 Å². The molecule has 0 atom stereocenters. The van der Waals surface area contributed by atoms with Crippen LogP contribution in [0.25, 0.3) is 0 Å². The predicted octanol–water partition coefficient (Wildman–Crippen LogP) is 2.99. The minimum atomic E-state index is -0.138. The van der Waals surface area contributed by atoms with E-state index < -0.39 is 0 Å². The van der Waals surface area contributed by atoms with Crippen LogP contribution in [0.3, 0.4) is 0 Å². The SMILES string of the molecule is CCOC(=O)CNCC1CCC(C(C)(C)C)CC1. The van der Waals surface area contributed by atoms with Crippen molar-refractivity contribution in [1.82, 2.24) is 5.32 Å². The van der Waals surface area contributed by atoms with Crippen molar-refractivity contribution in [3.05, 3.63) is 0 Å². The quantitative estimate of drug-likeness (QED) is 0.768. The Labute approximate surface area is 112 Å². The molecule has 1 saturated carbocycles. The highest BCUT2D eigenvalue weighted by Crippen LogP contribution is 2.39. The van der Waals surface area contributed by atoms with Gasteiger partial charge in [-0.2, -0.15) is 0 Å². The first-order valence-electron chi connectivity index (χ1n) is 7.29. The Morgan fingerprint density at radius 2 is 1.83 bits per heavy atom. The summed E-state index contributed by atoms with van der Waals surface area (Å²) in [5, 5.41) is 3.22. The van der Waals surface area contributed by atoms with Gasteiger partial charge in [0.25, 0.3) is 0 Å². The number of hydrogen-bond donors (Lipinski definition) is 1. The lowest BCUT2D eigenvalue weighted by Crippen LogP contribution is -2.33. The average Bonchev–Trinajstić information content (AvgIpc) is 2.29. The maximum absolute atomic E-state index is 11.2. The van der Waals surface area contributed by atoms with E-state index in [-0.39, 0.29) is 5.97 Å². The first-order valence-corrected chi connectivity index (χ1v) is 7.29. The highest BCUT2D eigenvalue weighted by molar-refractivity contribution is 5.71. The summed E-state index contributed by atoms with van der Waals surface area (Å²) in [7, 11) is 0. The standard InChI is InChI=1S/C15H29NO2/c1-5-18-14(17)11-16-10-12-6-8-13(9-7-12)15(2,3)4/h12-13,16H,5-11H2,1-4H3. The number of carbonyl (C=O) groups is 1. The monoisotopic (exact) mass is 255 g/mol. The van der Waals surface area contributed by atoms with Crippen molar-refractivity contribution >= 4 is 5.97 Å². The third-order valence-corrected chi connectivity index (χ3v) is 4.08. The Bertz CT molecular complexity index is 250. The van der Waals surface area contributed by atoms with E-state index >= 15 is 0 Å². The Kier molecular flexibility index (Phi) is 6.13. The maximum atomic E-state index is 11.2. The van der Waals surface area contributed by atoms with Crippen molar-refractivity contribution in [2.24, 2.45) is 17.3 Å². The molecule has 0 spiro atoms. The number of ether oxygens (including phenoxy) is 1. The van der Waals surface area contributed by atoms with E-state index in [4.69, 9.17) is 4.74 Å². The highest BCUT2D eigenvalue weighted by atomic mass is 16.5. The molecule has 0 bridgehead atoms. The van der Waals surface area contributed by atoms with E-state index in [9.17, 15) is 4.79 Å². The summed E-state index contributed by atoms with van der Waals surface area (Å²) in [5.41, 5.74) is 0.448. The number of rotatable bonds is 5. The van der Waals surface area contributed by atoms with Crippen LogP contribution in [0.2, 0.25) is 0 Å². The van der Waals surface area contributed by atoms with E-state index in [1.165, 1.54) is 25.7 Å². The first-order chi connectivity index (χ1) is 8.43. The van der Waals surface area contributed by atoms with Crippen LogP contribution in [-0.2, 0) is 9.53 Å². The van der Waals surface area contributed by atoms with Crippen LogP contribution in [0.15, 0.2) is 0 Å². The molecule has 0 aliphatic heterocycles. The number of nitrogens with one attached hydrogen (secondary N) is 1. The Balaban J connectivity index is 2.14. The van der Waals surface area contributed by atoms with Gasteiger partial charge in [-0.15, -0.1) is 0 Å². The molecular formula is C15H29NO2. The molecule has 1 aliphatic carbocycles.